The molecule has 3 aromatic rings. The minimum Gasteiger partial charge on any atom is -0.495 e. The first-order chi connectivity index (χ1) is 18.6. The Morgan fingerprint density at radius 3 is 2.54 bits per heavy atom. The summed E-state index contributed by atoms with van der Waals surface area (Å²) in [6.07, 6.45) is 3.74. The van der Waals surface area contributed by atoms with Crippen LogP contribution in [0.1, 0.15) is 61.8 Å². The Kier molecular flexibility index (Phi) is 6.73. The number of pyridine rings is 1. The van der Waals surface area contributed by atoms with Crippen LogP contribution in [0.2, 0.25) is 0 Å². The fourth-order valence-corrected chi connectivity index (χ4v) is 6.25. The molecule has 1 amide bonds. The molecule has 4 atom stereocenters. The van der Waals surface area contributed by atoms with Crippen LogP contribution in [0.5, 0.6) is 11.5 Å². The molecule has 0 radical (unpaired) electrons. The number of rotatable bonds is 6. The predicted octanol–water partition coefficient (Wildman–Crippen LogP) is 5.16. The lowest BCUT2D eigenvalue weighted by atomic mass is 9.69. The molecular formula is C31H33N3O5. The molecule has 2 aromatic carbocycles. The van der Waals surface area contributed by atoms with E-state index in [1.165, 1.54) is 0 Å². The summed E-state index contributed by atoms with van der Waals surface area (Å²) in [4.78, 5) is 16.7. The third-order valence-corrected chi connectivity index (χ3v) is 7.72. The molecule has 0 bridgehead atoms. The summed E-state index contributed by atoms with van der Waals surface area (Å²) in [6, 6.07) is 19.3. The Morgan fingerprint density at radius 1 is 1.18 bits per heavy atom. The molecule has 2 N–H and O–H groups in total. The number of amides is 1. The number of carbonyl (C=O) groups excluding carboxylic acids is 1. The second kappa shape index (κ2) is 9.90. The Bertz CT molecular complexity index is 1400. The number of aromatic nitrogens is 1. The van der Waals surface area contributed by atoms with Crippen molar-refractivity contribution >= 4 is 6.09 Å². The summed E-state index contributed by atoms with van der Waals surface area (Å²) in [7, 11) is 1.55. The molecule has 1 aliphatic heterocycles. The van der Waals surface area contributed by atoms with Gasteiger partial charge in [-0.05, 0) is 62.8 Å². The van der Waals surface area contributed by atoms with Gasteiger partial charge in [-0.3, -0.25) is 4.98 Å². The SMILES string of the molecule is COc1cncc2c1[C@]1(O)[C@@H](CCNC(=O)OC(C)(C)C)C[C@@H](c3ccccc3)[C@]1(c1ccc(C#N)cc1)O2. The topological polar surface area (TPSA) is 114 Å². The third kappa shape index (κ3) is 4.37. The van der Waals surface area contributed by atoms with Gasteiger partial charge in [0.1, 0.15) is 22.7 Å². The second-order valence-corrected chi connectivity index (χ2v) is 11.1. The molecule has 0 unspecified atom stereocenters. The van der Waals surface area contributed by atoms with E-state index in [-0.39, 0.29) is 11.8 Å². The first kappa shape index (κ1) is 26.5. The van der Waals surface area contributed by atoms with Gasteiger partial charge in [0.15, 0.2) is 5.60 Å². The Labute approximate surface area is 228 Å². The molecule has 1 saturated carbocycles. The molecule has 8 nitrogen and oxygen atoms in total. The highest BCUT2D eigenvalue weighted by Crippen LogP contribution is 2.70. The largest absolute Gasteiger partial charge is 0.495 e. The van der Waals surface area contributed by atoms with E-state index >= 15 is 0 Å². The van der Waals surface area contributed by atoms with E-state index in [1.54, 1.807) is 31.6 Å². The number of fused-ring (bicyclic) bond motifs is 3. The third-order valence-electron chi connectivity index (χ3n) is 7.72. The zero-order valence-corrected chi connectivity index (χ0v) is 22.6. The van der Waals surface area contributed by atoms with Crippen molar-refractivity contribution in [2.24, 2.45) is 5.92 Å². The number of alkyl carbamates (subject to hydrolysis) is 1. The summed E-state index contributed by atoms with van der Waals surface area (Å²) >= 11 is 0. The van der Waals surface area contributed by atoms with Crippen molar-refractivity contribution in [3.8, 4) is 17.6 Å². The second-order valence-electron chi connectivity index (χ2n) is 11.1. The lowest BCUT2D eigenvalue weighted by molar-refractivity contribution is -0.129. The van der Waals surface area contributed by atoms with E-state index in [0.29, 0.717) is 42.0 Å². The monoisotopic (exact) mass is 527 g/mol. The molecule has 1 fully saturated rings. The lowest BCUT2D eigenvalue weighted by Gasteiger charge is -2.42. The molecule has 39 heavy (non-hydrogen) atoms. The molecule has 2 aliphatic rings. The quantitative estimate of drug-likeness (QED) is 0.455. The number of nitriles is 1. The van der Waals surface area contributed by atoms with Crippen molar-refractivity contribution in [3.05, 3.63) is 89.2 Å². The molecule has 0 saturated heterocycles. The van der Waals surface area contributed by atoms with Gasteiger partial charge in [-0.1, -0.05) is 42.5 Å². The first-order valence-electron chi connectivity index (χ1n) is 13.1. The van der Waals surface area contributed by atoms with Gasteiger partial charge in [0.25, 0.3) is 0 Å². The average molecular weight is 528 g/mol. The Hall–Kier alpha value is -4.09. The highest BCUT2D eigenvalue weighted by Gasteiger charge is 2.73. The summed E-state index contributed by atoms with van der Waals surface area (Å²) in [6.45, 7) is 5.75. The maximum Gasteiger partial charge on any atom is 0.407 e. The first-order valence-corrected chi connectivity index (χ1v) is 13.1. The lowest BCUT2D eigenvalue weighted by Crippen LogP contribution is -2.51. The highest BCUT2D eigenvalue weighted by atomic mass is 16.6. The zero-order valence-electron chi connectivity index (χ0n) is 22.6. The fourth-order valence-electron chi connectivity index (χ4n) is 6.25. The van der Waals surface area contributed by atoms with Crippen molar-refractivity contribution < 1.29 is 24.1 Å². The number of nitrogens with one attached hydrogen (secondary N) is 1. The summed E-state index contributed by atoms with van der Waals surface area (Å²) in [5.74, 6) is 0.308. The van der Waals surface area contributed by atoms with Crippen LogP contribution >= 0.6 is 0 Å². The van der Waals surface area contributed by atoms with Gasteiger partial charge >= 0.3 is 6.09 Å². The van der Waals surface area contributed by atoms with Gasteiger partial charge < -0.3 is 24.6 Å². The van der Waals surface area contributed by atoms with Crippen molar-refractivity contribution in [2.75, 3.05) is 13.7 Å². The van der Waals surface area contributed by atoms with Crippen molar-refractivity contribution in [1.29, 1.82) is 5.26 Å². The van der Waals surface area contributed by atoms with Gasteiger partial charge in [-0.15, -0.1) is 0 Å². The van der Waals surface area contributed by atoms with Crippen LogP contribution in [-0.2, 0) is 15.9 Å². The Balaban J connectivity index is 1.63. The molecule has 202 valence electrons. The molecule has 1 aliphatic carbocycles. The van der Waals surface area contributed by atoms with Crippen LogP contribution in [0.15, 0.2) is 67.0 Å². The van der Waals surface area contributed by atoms with Gasteiger partial charge in [0, 0.05) is 12.5 Å². The molecule has 0 spiro atoms. The molecule has 5 rings (SSSR count). The number of hydrogen-bond acceptors (Lipinski definition) is 7. The number of hydrogen-bond donors (Lipinski definition) is 2. The van der Waals surface area contributed by atoms with Crippen LogP contribution in [0, 0.1) is 17.2 Å². The molecule has 2 heterocycles. The number of nitrogens with zero attached hydrogens (tertiary/aromatic N) is 2. The number of ether oxygens (including phenoxy) is 3. The normalized spacial score (nSPS) is 25.1. The Morgan fingerprint density at radius 2 is 1.90 bits per heavy atom. The number of aliphatic hydroxyl groups is 1. The van der Waals surface area contributed by atoms with Crippen LogP contribution in [-0.4, -0.2) is 35.4 Å². The maximum atomic E-state index is 13.0. The maximum absolute atomic E-state index is 13.0. The van der Waals surface area contributed by atoms with E-state index in [2.05, 4.69) is 16.4 Å². The van der Waals surface area contributed by atoms with Gasteiger partial charge in [0.2, 0.25) is 0 Å². The van der Waals surface area contributed by atoms with Crippen LogP contribution < -0.4 is 14.8 Å². The zero-order chi connectivity index (χ0) is 27.8. The van der Waals surface area contributed by atoms with E-state index in [9.17, 15) is 15.2 Å². The standard InChI is InChI=1S/C31H33N3O5/c1-29(2,3)39-28(35)34-15-14-23-16-24(21-8-6-5-7-9-21)31(22-12-10-20(17-32)11-13-22)30(23,36)27-25(37-4)18-33-19-26(27)38-31/h5-13,18-19,23-24,36H,14-16H2,1-4H3,(H,34,35)/t23-,24-,30+,31-/m0/s1. The highest BCUT2D eigenvalue weighted by molar-refractivity contribution is 5.67. The smallest absolute Gasteiger partial charge is 0.407 e. The summed E-state index contributed by atoms with van der Waals surface area (Å²) in [5.41, 5.74) is -0.539. The van der Waals surface area contributed by atoms with Crippen LogP contribution in [0.3, 0.4) is 0 Å². The van der Waals surface area contributed by atoms with Crippen molar-refractivity contribution in [3.63, 3.8) is 0 Å². The van der Waals surface area contributed by atoms with Gasteiger partial charge in [-0.25, -0.2) is 4.79 Å². The van der Waals surface area contributed by atoms with Gasteiger partial charge in [0.05, 0.1) is 36.7 Å². The number of methoxy groups -OCH3 is 1. The predicted molar refractivity (Wildman–Crippen MR) is 144 cm³/mol. The average Bonchev–Trinajstić information content (AvgIpc) is 3.33. The van der Waals surface area contributed by atoms with Gasteiger partial charge in [-0.2, -0.15) is 5.26 Å². The summed E-state index contributed by atoms with van der Waals surface area (Å²) < 4.78 is 17.9. The van der Waals surface area contributed by atoms with E-state index < -0.39 is 22.9 Å². The number of benzene rings is 2. The van der Waals surface area contributed by atoms with E-state index in [0.717, 1.165) is 11.1 Å². The molecule has 8 heteroatoms. The minimum atomic E-state index is -1.53. The van der Waals surface area contributed by atoms with E-state index in [4.69, 9.17) is 14.2 Å². The van der Waals surface area contributed by atoms with Crippen molar-refractivity contribution in [1.82, 2.24) is 10.3 Å². The molecule has 1 aromatic heterocycles. The van der Waals surface area contributed by atoms with E-state index in [1.807, 2.05) is 63.2 Å². The van der Waals surface area contributed by atoms with Crippen LogP contribution in [0.4, 0.5) is 4.79 Å². The minimum absolute atomic E-state index is 0.250. The molecular weight excluding hydrogens is 494 g/mol. The fraction of sp³-hybridized carbons (Fsp3) is 0.387. The van der Waals surface area contributed by atoms with Crippen molar-refractivity contribution in [2.45, 2.75) is 56.3 Å². The number of carbonyl (C=O) groups is 1. The summed E-state index contributed by atoms with van der Waals surface area (Å²) in [5, 5.41) is 25.3. The van der Waals surface area contributed by atoms with Crippen LogP contribution in [0.25, 0.3) is 0 Å².